The van der Waals surface area contributed by atoms with E-state index in [0.717, 1.165) is 48.2 Å². The van der Waals surface area contributed by atoms with E-state index in [0.29, 0.717) is 17.1 Å². The van der Waals surface area contributed by atoms with Crippen molar-refractivity contribution in [3.05, 3.63) is 47.2 Å². The highest BCUT2D eigenvalue weighted by Crippen LogP contribution is 2.27. The molecule has 0 bridgehead atoms. The van der Waals surface area contributed by atoms with Crippen LogP contribution in [-0.4, -0.2) is 51.2 Å². The fourth-order valence-corrected chi connectivity index (χ4v) is 3.78. The van der Waals surface area contributed by atoms with Gasteiger partial charge >= 0.3 is 0 Å². The molecule has 8 heteroatoms. The van der Waals surface area contributed by atoms with E-state index < -0.39 is 0 Å². The van der Waals surface area contributed by atoms with Gasteiger partial charge in [0.25, 0.3) is 11.8 Å². The number of aromatic nitrogens is 3. The number of amides is 2. The SMILES string of the molecule is Cc1cc(C)c2c(OCC(=O)Nc3ccc(C(=O)N4CCCC4)cc3)nn(C)c2n1. The summed E-state index contributed by atoms with van der Waals surface area (Å²) in [7, 11) is 1.80. The predicted molar refractivity (Wildman–Crippen MR) is 114 cm³/mol. The first kappa shape index (κ1) is 19.9. The Morgan fingerprint density at radius 3 is 2.53 bits per heavy atom. The quantitative estimate of drug-likeness (QED) is 0.703. The number of aryl methyl sites for hydroxylation is 3. The van der Waals surface area contributed by atoms with Crippen LogP contribution in [0.15, 0.2) is 30.3 Å². The van der Waals surface area contributed by atoms with Gasteiger partial charge < -0.3 is 15.0 Å². The maximum atomic E-state index is 12.4. The molecular formula is C22H25N5O3. The molecule has 0 saturated carbocycles. The van der Waals surface area contributed by atoms with E-state index in [1.165, 1.54) is 0 Å². The first-order valence-corrected chi connectivity index (χ1v) is 10.1. The molecule has 1 N–H and O–H groups in total. The first-order chi connectivity index (χ1) is 14.4. The number of fused-ring (bicyclic) bond motifs is 1. The van der Waals surface area contributed by atoms with Gasteiger partial charge in [0.1, 0.15) is 0 Å². The summed E-state index contributed by atoms with van der Waals surface area (Å²) in [4.78, 5) is 31.1. The summed E-state index contributed by atoms with van der Waals surface area (Å²) in [6.45, 7) is 5.35. The molecule has 1 aliphatic heterocycles. The van der Waals surface area contributed by atoms with Crippen molar-refractivity contribution < 1.29 is 14.3 Å². The Balaban J connectivity index is 1.38. The van der Waals surface area contributed by atoms with Crippen LogP contribution in [-0.2, 0) is 11.8 Å². The second kappa shape index (κ2) is 8.14. The van der Waals surface area contributed by atoms with Crippen LogP contribution in [0.5, 0.6) is 5.88 Å². The topological polar surface area (TPSA) is 89.4 Å². The van der Waals surface area contributed by atoms with Crippen molar-refractivity contribution in [1.82, 2.24) is 19.7 Å². The average molecular weight is 407 g/mol. The summed E-state index contributed by atoms with van der Waals surface area (Å²) in [5.41, 5.74) is 3.87. The highest BCUT2D eigenvalue weighted by atomic mass is 16.5. The number of likely N-dealkylation sites (tertiary alicyclic amines) is 1. The summed E-state index contributed by atoms with van der Waals surface area (Å²) >= 11 is 0. The maximum Gasteiger partial charge on any atom is 0.262 e. The third kappa shape index (κ3) is 3.98. The van der Waals surface area contributed by atoms with Gasteiger partial charge in [-0.05, 0) is 62.6 Å². The monoisotopic (exact) mass is 407 g/mol. The van der Waals surface area contributed by atoms with Crippen LogP contribution >= 0.6 is 0 Å². The molecule has 8 nitrogen and oxygen atoms in total. The number of hydrogen-bond donors (Lipinski definition) is 1. The summed E-state index contributed by atoms with van der Waals surface area (Å²) in [6.07, 6.45) is 2.11. The normalized spacial score (nSPS) is 13.6. The van der Waals surface area contributed by atoms with Crippen LogP contribution in [0, 0.1) is 13.8 Å². The number of nitrogens with zero attached hydrogens (tertiary/aromatic N) is 4. The molecule has 1 aromatic carbocycles. The van der Waals surface area contributed by atoms with Gasteiger partial charge in [0.15, 0.2) is 12.3 Å². The summed E-state index contributed by atoms with van der Waals surface area (Å²) in [5, 5.41) is 7.94. The largest absolute Gasteiger partial charge is 0.466 e. The van der Waals surface area contributed by atoms with Crippen LogP contribution in [0.2, 0.25) is 0 Å². The molecule has 3 heterocycles. The van der Waals surface area contributed by atoms with Gasteiger partial charge in [0.2, 0.25) is 5.88 Å². The molecule has 0 spiro atoms. The van der Waals surface area contributed by atoms with E-state index >= 15 is 0 Å². The molecule has 0 unspecified atom stereocenters. The fourth-order valence-electron chi connectivity index (χ4n) is 3.78. The number of nitrogens with one attached hydrogen (secondary N) is 1. The Morgan fingerprint density at radius 1 is 1.13 bits per heavy atom. The molecule has 1 fully saturated rings. The highest BCUT2D eigenvalue weighted by Gasteiger charge is 2.19. The van der Waals surface area contributed by atoms with Crippen molar-refractivity contribution in [2.45, 2.75) is 26.7 Å². The Bertz CT molecular complexity index is 1100. The molecule has 0 atom stereocenters. The lowest BCUT2D eigenvalue weighted by Crippen LogP contribution is -2.27. The Kier molecular flexibility index (Phi) is 5.39. The molecule has 2 amide bonds. The van der Waals surface area contributed by atoms with Gasteiger partial charge in [-0.2, -0.15) is 0 Å². The summed E-state index contributed by atoms with van der Waals surface area (Å²) < 4.78 is 7.33. The summed E-state index contributed by atoms with van der Waals surface area (Å²) in [5.74, 6) is 0.124. The van der Waals surface area contributed by atoms with E-state index in [1.807, 2.05) is 24.8 Å². The molecule has 1 aliphatic rings. The minimum atomic E-state index is -0.301. The minimum absolute atomic E-state index is 0.0370. The van der Waals surface area contributed by atoms with Crippen LogP contribution in [0.3, 0.4) is 0 Å². The molecule has 3 aromatic rings. The van der Waals surface area contributed by atoms with Crippen molar-refractivity contribution in [2.24, 2.45) is 7.05 Å². The van der Waals surface area contributed by atoms with Gasteiger partial charge in [0, 0.05) is 37.1 Å². The number of carbonyl (C=O) groups is 2. The molecule has 2 aromatic heterocycles. The van der Waals surface area contributed by atoms with E-state index in [9.17, 15) is 9.59 Å². The zero-order valence-electron chi connectivity index (χ0n) is 17.4. The number of carbonyl (C=O) groups excluding carboxylic acids is 2. The maximum absolute atomic E-state index is 12.4. The molecule has 0 radical (unpaired) electrons. The zero-order chi connectivity index (χ0) is 21.3. The standard InChI is InChI=1S/C22H25N5O3/c1-14-12-15(2)23-20-19(14)21(25-26(20)3)30-13-18(28)24-17-8-6-16(7-9-17)22(29)27-10-4-5-11-27/h6-9,12H,4-5,10-11,13H2,1-3H3,(H,24,28). The van der Waals surface area contributed by atoms with Crippen LogP contribution < -0.4 is 10.1 Å². The second-order valence-corrected chi connectivity index (χ2v) is 7.62. The van der Waals surface area contributed by atoms with Gasteiger partial charge in [-0.25, -0.2) is 9.67 Å². The predicted octanol–water partition coefficient (Wildman–Crippen LogP) is 2.84. The molecule has 1 saturated heterocycles. The van der Waals surface area contributed by atoms with Crippen molar-refractivity contribution in [1.29, 1.82) is 0 Å². The molecule has 4 rings (SSSR count). The Hall–Kier alpha value is -3.42. The van der Waals surface area contributed by atoms with E-state index in [1.54, 1.807) is 36.0 Å². The Labute approximate surface area is 174 Å². The average Bonchev–Trinajstić information content (AvgIpc) is 3.35. The van der Waals surface area contributed by atoms with E-state index in [-0.39, 0.29) is 18.4 Å². The van der Waals surface area contributed by atoms with Gasteiger partial charge in [-0.1, -0.05) is 0 Å². The van der Waals surface area contributed by atoms with Crippen LogP contribution in [0.25, 0.3) is 11.0 Å². The van der Waals surface area contributed by atoms with Gasteiger partial charge in [-0.3, -0.25) is 9.59 Å². The molecule has 0 aliphatic carbocycles. The van der Waals surface area contributed by atoms with Crippen LogP contribution in [0.1, 0.15) is 34.5 Å². The number of anilines is 1. The van der Waals surface area contributed by atoms with E-state index in [2.05, 4.69) is 15.4 Å². The summed E-state index contributed by atoms with van der Waals surface area (Å²) in [6, 6.07) is 8.89. The van der Waals surface area contributed by atoms with Gasteiger partial charge in [-0.15, -0.1) is 5.10 Å². The first-order valence-electron chi connectivity index (χ1n) is 10.1. The highest BCUT2D eigenvalue weighted by molar-refractivity contribution is 5.96. The number of hydrogen-bond acceptors (Lipinski definition) is 5. The number of ether oxygens (including phenoxy) is 1. The van der Waals surface area contributed by atoms with Crippen molar-refractivity contribution in [3.63, 3.8) is 0 Å². The van der Waals surface area contributed by atoms with Crippen LogP contribution in [0.4, 0.5) is 5.69 Å². The molecule has 30 heavy (non-hydrogen) atoms. The molecular weight excluding hydrogens is 382 g/mol. The smallest absolute Gasteiger partial charge is 0.262 e. The van der Waals surface area contributed by atoms with Crippen molar-refractivity contribution in [2.75, 3.05) is 25.0 Å². The zero-order valence-corrected chi connectivity index (χ0v) is 17.4. The lowest BCUT2D eigenvalue weighted by Gasteiger charge is -2.15. The van der Waals surface area contributed by atoms with Crippen molar-refractivity contribution >= 4 is 28.5 Å². The lowest BCUT2D eigenvalue weighted by molar-refractivity contribution is -0.118. The van der Waals surface area contributed by atoms with E-state index in [4.69, 9.17) is 4.74 Å². The number of benzene rings is 1. The van der Waals surface area contributed by atoms with Crippen molar-refractivity contribution in [3.8, 4) is 5.88 Å². The second-order valence-electron chi connectivity index (χ2n) is 7.62. The third-order valence-corrected chi connectivity index (χ3v) is 5.24. The fraction of sp³-hybridized carbons (Fsp3) is 0.364. The minimum Gasteiger partial charge on any atom is -0.466 e. The number of rotatable bonds is 5. The Morgan fingerprint density at radius 2 is 1.83 bits per heavy atom. The third-order valence-electron chi connectivity index (χ3n) is 5.24. The van der Waals surface area contributed by atoms with Gasteiger partial charge in [0.05, 0.1) is 5.39 Å². The molecule has 156 valence electrons. The number of pyridine rings is 1. The lowest BCUT2D eigenvalue weighted by atomic mass is 10.2.